The van der Waals surface area contributed by atoms with Crippen molar-refractivity contribution >= 4 is 32.9 Å². The molecule has 4 rings (SSSR count). The number of sulfonamides is 1. The highest BCUT2D eigenvalue weighted by atomic mass is 32.2. The third-order valence-electron chi connectivity index (χ3n) is 6.59. The van der Waals surface area contributed by atoms with Crippen LogP contribution < -0.4 is 15.2 Å². The van der Waals surface area contributed by atoms with E-state index >= 15 is 0 Å². The van der Waals surface area contributed by atoms with Crippen LogP contribution in [0.4, 0.5) is 4.79 Å². The zero-order valence-electron chi connectivity index (χ0n) is 21.0. The second kappa shape index (κ2) is 11.2. The number of hydrogen-bond donors (Lipinski definition) is 2. The number of amides is 3. The van der Waals surface area contributed by atoms with E-state index in [1.54, 1.807) is 6.20 Å². The molecule has 2 heterocycles. The highest BCUT2D eigenvalue weighted by Crippen LogP contribution is 2.34. The Labute approximate surface area is 216 Å². The summed E-state index contributed by atoms with van der Waals surface area (Å²) in [6.07, 6.45) is 4.87. The Bertz CT molecular complexity index is 1390. The lowest BCUT2D eigenvalue weighted by atomic mass is 10.0. The van der Waals surface area contributed by atoms with Gasteiger partial charge in [-0.3, -0.25) is 9.69 Å². The first-order chi connectivity index (χ1) is 17.8. The van der Waals surface area contributed by atoms with Crippen LogP contribution in [0.2, 0.25) is 0 Å². The molecule has 0 bridgehead atoms. The maximum absolute atomic E-state index is 13.8. The minimum atomic E-state index is -4.40. The molecule has 3 aromatic rings. The molecule has 0 aliphatic carbocycles. The summed E-state index contributed by atoms with van der Waals surface area (Å²) in [7, 11) is -1.56. The lowest BCUT2D eigenvalue weighted by Gasteiger charge is -2.22. The van der Waals surface area contributed by atoms with Crippen molar-refractivity contribution in [2.24, 2.45) is 5.73 Å². The number of benzene rings is 2. The first-order valence-electron chi connectivity index (χ1n) is 12.2. The Morgan fingerprint density at radius 2 is 1.70 bits per heavy atom. The Kier molecular flexibility index (Phi) is 8.03. The summed E-state index contributed by atoms with van der Waals surface area (Å²) in [4.78, 5) is 31.1. The third-order valence-corrected chi connectivity index (χ3v) is 8.37. The van der Waals surface area contributed by atoms with E-state index in [9.17, 15) is 18.0 Å². The van der Waals surface area contributed by atoms with Crippen molar-refractivity contribution in [1.29, 1.82) is 0 Å². The summed E-state index contributed by atoms with van der Waals surface area (Å²) in [5, 5.41) is 0.867. The van der Waals surface area contributed by atoms with Crippen LogP contribution in [0, 0.1) is 0 Å². The van der Waals surface area contributed by atoms with Gasteiger partial charge in [-0.1, -0.05) is 31.0 Å². The Hall–Kier alpha value is -3.57. The number of ether oxygens (including phenoxy) is 2. The van der Waals surface area contributed by atoms with Gasteiger partial charge in [0.1, 0.15) is 6.04 Å². The molecule has 1 aromatic heterocycles. The highest BCUT2D eigenvalue weighted by Gasteiger charge is 2.51. The molecule has 11 heteroatoms. The smallest absolute Gasteiger partial charge is 0.341 e. The van der Waals surface area contributed by atoms with Crippen LogP contribution in [-0.2, 0) is 21.2 Å². The van der Waals surface area contributed by atoms with Gasteiger partial charge in [0.25, 0.3) is 15.9 Å². The molecule has 198 valence electrons. The molecule has 0 saturated carbocycles. The number of para-hydroxylation sites is 1. The number of nitrogens with zero attached hydrogens (tertiary/aromatic N) is 2. The molecular formula is C26H32N4O6S. The number of unbranched alkanes of at least 4 members (excludes halogenated alkanes) is 3. The molecule has 10 nitrogen and oxygen atoms in total. The second-order valence-corrected chi connectivity index (χ2v) is 10.7. The third kappa shape index (κ3) is 5.14. The van der Waals surface area contributed by atoms with Gasteiger partial charge in [0.05, 0.1) is 19.1 Å². The zero-order valence-corrected chi connectivity index (χ0v) is 21.8. The first kappa shape index (κ1) is 26.5. The molecular weight excluding hydrogens is 496 g/mol. The number of nitrogens with two attached hydrogens (primary N) is 1. The summed E-state index contributed by atoms with van der Waals surface area (Å²) in [5.74, 6) is 0.0179. The number of hydrogen-bond acceptors (Lipinski definition) is 7. The summed E-state index contributed by atoms with van der Waals surface area (Å²) < 4.78 is 38.9. The van der Waals surface area contributed by atoms with Crippen molar-refractivity contribution < 1.29 is 27.5 Å². The SMILES string of the molecule is COc1ccc(S(=O)(=O)N2C(=O)N(CCCCCCN)C(=O)C2Cc2c[nH]c3ccccc23)cc1OC. The number of nitrogens with one attached hydrogen (secondary N) is 1. The van der Waals surface area contributed by atoms with E-state index in [4.69, 9.17) is 15.2 Å². The fraction of sp³-hybridized carbons (Fsp3) is 0.385. The molecule has 3 amide bonds. The molecule has 1 aliphatic heterocycles. The summed E-state index contributed by atoms with van der Waals surface area (Å²) >= 11 is 0. The molecule has 37 heavy (non-hydrogen) atoms. The van der Waals surface area contributed by atoms with Crippen molar-refractivity contribution in [3.8, 4) is 11.5 Å². The quantitative estimate of drug-likeness (QED) is 0.272. The average Bonchev–Trinajstić information content (AvgIpc) is 3.42. The van der Waals surface area contributed by atoms with E-state index in [1.807, 2.05) is 24.3 Å². The van der Waals surface area contributed by atoms with E-state index in [0.29, 0.717) is 18.7 Å². The topological polar surface area (TPSA) is 135 Å². The minimum Gasteiger partial charge on any atom is -0.493 e. The molecule has 1 saturated heterocycles. The number of carbonyl (C=O) groups is 2. The zero-order chi connectivity index (χ0) is 26.6. The van der Waals surface area contributed by atoms with E-state index < -0.39 is 28.0 Å². The number of carbonyl (C=O) groups excluding carboxylic acids is 2. The van der Waals surface area contributed by atoms with Gasteiger partial charge in [-0.2, -0.15) is 0 Å². The van der Waals surface area contributed by atoms with Crippen molar-refractivity contribution in [1.82, 2.24) is 14.2 Å². The fourth-order valence-corrected chi connectivity index (χ4v) is 6.17. The molecule has 2 aromatic carbocycles. The van der Waals surface area contributed by atoms with E-state index in [-0.39, 0.29) is 23.6 Å². The van der Waals surface area contributed by atoms with Gasteiger partial charge in [0, 0.05) is 36.1 Å². The van der Waals surface area contributed by atoms with Gasteiger partial charge in [-0.15, -0.1) is 0 Å². The summed E-state index contributed by atoms with van der Waals surface area (Å²) in [5.41, 5.74) is 7.16. The molecule has 1 unspecified atom stereocenters. The lowest BCUT2D eigenvalue weighted by molar-refractivity contribution is -0.127. The Morgan fingerprint density at radius 1 is 0.973 bits per heavy atom. The Morgan fingerprint density at radius 3 is 2.43 bits per heavy atom. The number of methoxy groups -OCH3 is 2. The highest BCUT2D eigenvalue weighted by molar-refractivity contribution is 7.89. The van der Waals surface area contributed by atoms with Gasteiger partial charge in [0.2, 0.25) is 0 Å². The van der Waals surface area contributed by atoms with Gasteiger partial charge in [-0.25, -0.2) is 17.5 Å². The van der Waals surface area contributed by atoms with Crippen LogP contribution in [-0.4, -0.2) is 67.9 Å². The fourth-order valence-electron chi connectivity index (χ4n) is 4.64. The van der Waals surface area contributed by atoms with Gasteiger partial charge in [0.15, 0.2) is 11.5 Å². The number of aromatic nitrogens is 1. The van der Waals surface area contributed by atoms with Crippen molar-refractivity contribution in [3.05, 3.63) is 54.2 Å². The van der Waals surface area contributed by atoms with Gasteiger partial charge in [-0.05, 0) is 43.1 Å². The number of H-pyrrole nitrogens is 1. The summed E-state index contributed by atoms with van der Waals surface area (Å²) in [6, 6.07) is 9.57. The largest absolute Gasteiger partial charge is 0.493 e. The minimum absolute atomic E-state index is 0.0464. The second-order valence-electron chi connectivity index (χ2n) is 8.87. The maximum Gasteiger partial charge on any atom is 0.341 e. The number of rotatable bonds is 12. The van der Waals surface area contributed by atoms with E-state index in [1.165, 1.54) is 32.4 Å². The number of fused-ring (bicyclic) bond motifs is 1. The van der Waals surface area contributed by atoms with Crippen LogP contribution in [0.1, 0.15) is 31.2 Å². The molecule has 0 spiro atoms. The lowest BCUT2D eigenvalue weighted by Crippen LogP contribution is -2.41. The monoisotopic (exact) mass is 528 g/mol. The van der Waals surface area contributed by atoms with E-state index in [0.717, 1.165) is 44.9 Å². The van der Waals surface area contributed by atoms with Crippen molar-refractivity contribution in [2.45, 2.75) is 43.0 Å². The van der Waals surface area contributed by atoms with Gasteiger partial charge >= 0.3 is 6.03 Å². The predicted octanol–water partition coefficient (Wildman–Crippen LogP) is 3.27. The van der Waals surface area contributed by atoms with Crippen LogP contribution in [0.25, 0.3) is 10.9 Å². The van der Waals surface area contributed by atoms with Crippen LogP contribution >= 0.6 is 0 Å². The molecule has 1 fully saturated rings. The van der Waals surface area contributed by atoms with Gasteiger partial charge < -0.3 is 20.2 Å². The van der Waals surface area contributed by atoms with Crippen LogP contribution in [0.5, 0.6) is 11.5 Å². The standard InChI is InChI=1S/C26H32N4O6S/c1-35-23-12-11-19(16-24(23)36-2)37(33,34)30-22(15-18-17-28-21-10-6-5-9-20(18)21)25(31)29(26(30)32)14-8-4-3-7-13-27/h5-6,9-12,16-17,22,28H,3-4,7-8,13-15,27H2,1-2H3. The number of imide groups is 1. The van der Waals surface area contributed by atoms with Crippen molar-refractivity contribution in [3.63, 3.8) is 0 Å². The molecule has 0 radical (unpaired) electrons. The van der Waals surface area contributed by atoms with Crippen molar-refractivity contribution in [2.75, 3.05) is 27.3 Å². The average molecular weight is 529 g/mol. The Balaban J connectivity index is 1.70. The normalized spacial score (nSPS) is 16.1. The maximum atomic E-state index is 13.8. The van der Waals surface area contributed by atoms with Crippen LogP contribution in [0.15, 0.2) is 53.6 Å². The molecule has 1 aliphatic rings. The first-order valence-corrected chi connectivity index (χ1v) is 13.6. The molecule has 1 atom stereocenters. The number of aromatic amines is 1. The van der Waals surface area contributed by atoms with Crippen LogP contribution in [0.3, 0.4) is 0 Å². The molecule has 3 N–H and O–H groups in total. The number of urea groups is 1. The summed E-state index contributed by atoms with van der Waals surface area (Å²) in [6.45, 7) is 0.718. The predicted molar refractivity (Wildman–Crippen MR) is 139 cm³/mol. The van der Waals surface area contributed by atoms with E-state index in [2.05, 4.69) is 4.98 Å².